The minimum Gasteiger partial charge on any atom is -0.368 e. The van der Waals surface area contributed by atoms with Crippen LogP contribution in [0, 0.1) is 18.8 Å². The summed E-state index contributed by atoms with van der Waals surface area (Å²) in [6.07, 6.45) is 8.42. The quantitative estimate of drug-likeness (QED) is 0.492. The maximum absolute atomic E-state index is 13.4. The number of Topliss-reactive ketones (excluding diaryl/α,β-unsaturated/α-hetero) is 1. The molecule has 1 fully saturated rings. The zero-order chi connectivity index (χ0) is 22.9. The summed E-state index contributed by atoms with van der Waals surface area (Å²) in [4.78, 5) is 29.4. The predicted molar refractivity (Wildman–Crippen MR) is 135 cm³/mol. The van der Waals surface area contributed by atoms with Gasteiger partial charge in [0.15, 0.2) is 11.4 Å². The average Bonchev–Trinajstić information content (AvgIpc) is 3.50. The molecule has 2 aliphatic heterocycles. The number of aryl methyl sites for hydroxylation is 1. The largest absolute Gasteiger partial charge is 0.368 e. The van der Waals surface area contributed by atoms with Gasteiger partial charge in [0.05, 0.1) is 24.1 Å². The van der Waals surface area contributed by atoms with Gasteiger partial charge in [0.25, 0.3) is 0 Å². The Labute approximate surface area is 195 Å². The van der Waals surface area contributed by atoms with Gasteiger partial charge in [0, 0.05) is 49.0 Å². The minimum atomic E-state index is 0.00450. The molecule has 2 aliphatic rings. The molecular weight excluding hydrogens is 410 g/mol. The molecule has 0 radical (unpaired) electrons. The van der Waals surface area contributed by atoms with Crippen molar-refractivity contribution in [3.05, 3.63) is 53.9 Å². The molecule has 170 valence electrons. The Balaban J connectivity index is 1.58. The second-order valence-electron chi connectivity index (χ2n) is 9.47. The Hall–Kier alpha value is -3.28. The lowest BCUT2D eigenvalue weighted by Crippen LogP contribution is -2.33. The Morgan fingerprint density at radius 1 is 1.21 bits per heavy atom. The molecule has 0 unspecified atom stereocenters. The van der Waals surface area contributed by atoms with E-state index in [0.717, 1.165) is 65.8 Å². The van der Waals surface area contributed by atoms with Crippen LogP contribution in [-0.4, -0.2) is 46.9 Å². The number of rotatable bonds is 6. The molecule has 5 rings (SSSR count). The van der Waals surface area contributed by atoms with Crippen LogP contribution >= 0.6 is 0 Å². The van der Waals surface area contributed by atoms with Crippen LogP contribution in [0.5, 0.6) is 0 Å². The van der Waals surface area contributed by atoms with Crippen molar-refractivity contribution < 1.29 is 4.79 Å². The fourth-order valence-electron chi connectivity index (χ4n) is 4.84. The summed E-state index contributed by atoms with van der Waals surface area (Å²) in [6, 6.07) is 10.4. The molecule has 0 aliphatic carbocycles. The van der Waals surface area contributed by atoms with E-state index in [2.05, 4.69) is 51.3 Å². The number of fused-ring (bicyclic) bond motifs is 1. The van der Waals surface area contributed by atoms with E-state index in [4.69, 9.17) is 4.98 Å². The van der Waals surface area contributed by atoms with Crippen LogP contribution in [0.3, 0.4) is 0 Å². The van der Waals surface area contributed by atoms with Crippen molar-refractivity contribution in [2.24, 2.45) is 21.8 Å². The zero-order valence-corrected chi connectivity index (χ0v) is 19.7. The molecule has 1 saturated heterocycles. The summed E-state index contributed by atoms with van der Waals surface area (Å²) in [5.41, 5.74) is 6.03. The molecule has 0 amide bonds. The molecule has 33 heavy (non-hydrogen) atoms. The second kappa shape index (κ2) is 8.93. The van der Waals surface area contributed by atoms with Crippen molar-refractivity contribution in [1.29, 1.82) is 0 Å². The van der Waals surface area contributed by atoms with Gasteiger partial charge in [-0.1, -0.05) is 38.1 Å². The number of aliphatic imine (C=N–C) groups is 2. The van der Waals surface area contributed by atoms with Crippen LogP contribution in [0.2, 0.25) is 0 Å². The van der Waals surface area contributed by atoms with Gasteiger partial charge in [-0.25, -0.2) is 9.98 Å². The van der Waals surface area contributed by atoms with Crippen molar-refractivity contribution in [3.8, 4) is 11.3 Å². The summed E-state index contributed by atoms with van der Waals surface area (Å²) in [7, 11) is 0. The highest BCUT2D eigenvalue weighted by atomic mass is 16.1. The van der Waals surface area contributed by atoms with Crippen LogP contribution in [-0.2, 0) is 0 Å². The first-order valence-corrected chi connectivity index (χ1v) is 11.9. The van der Waals surface area contributed by atoms with Crippen molar-refractivity contribution in [1.82, 2.24) is 9.38 Å². The van der Waals surface area contributed by atoms with E-state index in [1.165, 1.54) is 5.56 Å². The van der Waals surface area contributed by atoms with E-state index >= 15 is 0 Å². The Kier molecular flexibility index (Phi) is 5.83. The molecule has 1 atom stereocenters. The number of ketones is 1. The molecule has 0 saturated carbocycles. The highest BCUT2D eigenvalue weighted by Crippen LogP contribution is 2.32. The lowest BCUT2D eigenvalue weighted by Gasteiger charge is -2.32. The van der Waals surface area contributed by atoms with E-state index in [1.807, 2.05) is 31.5 Å². The number of imidazole rings is 1. The van der Waals surface area contributed by atoms with Crippen LogP contribution < -0.4 is 4.90 Å². The first-order valence-electron chi connectivity index (χ1n) is 11.9. The maximum Gasteiger partial charge on any atom is 0.165 e. The number of carbonyl (C=O) groups excluding carboxylic acids is 1. The van der Waals surface area contributed by atoms with Gasteiger partial charge in [0.2, 0.25) is 0 Å². The van der Waals surface area contributed by atoms with Crippen molar-refractivity contribution in [3.63, 3.8) is 0 Å². The second-order valence-corrected chi connectivity index (χ2v) is 9.47. The highest BCUT2D eigenvalue weighted by molar-refractivity contribution is 6.03. The van der Waals surface area contributed by atoms with Gasteiger partial charge in [-0.05, 0) is 37.3 Å². The zero-order valence-electron chi connectivity index (χ0n) is 19.7. The molecular formula is C27H31N5O. The normalized spacial score (nSPS) is 17.5. The summed E-state index contributed by atoms with van der Waals surface area (Å²) >= 11 is 0. The van der Waals surface area contributed by atoms with Crippen LogP contribution in [0.25, 0.3) is 16.9 Å². The number of aromatic nitrogens is 2. The third kappa shape index (κ3) is 4.22. The van der Waals surface area contributed by atoms with Gasteiger partial charge >= 0.3 is 0 Å². The molecule has 3 aromatic rings. The molecule has 6 heteroatoms. The third-order valence-corrected chi connectivity index (χ3v) is 6.94. The fraction of sp³-hybridized carbons (Fsp3) is 0.407. The number of piperidine rings is 1. The molecule has 0 spiro atoms. The van der Waals surface area contributed by atoms with Gasteiger partial charge in [-0.2, -0.15) is 0 Å². The van der Waals surface area contributed by atoms with Crippen LogP contribution in [0.1, 0.15) is 49.0 Å². The molecule has 4 heterocycles. The summed E-state index contributed by atoms with van der Waals surface area (Å²) in [5, 5.41) is 0. The number of hydrogen-bond acceptors (Lipinski definition) is 5. The van der Waals surface area contributed by atoms with E-state index in [0.29, 0.717) is 13.0 Å². The van der Waals surface area contributed by atoms with E-state index in [9.17, 15) is 4.79 Å². The summed E-state index contributed by atoms with van der Waals surface area (Å²) < 4.78 is 2.11. The molecule has 2 aromatic heterocycles. The van der Waals surface area contributed by atoms with Crippen molar-refractivity contribution in [2.45, 2.75) is 40.0 Å². The summed E-state index contributed by atoms with van der Waals surface area (Å²) in [5.74, 6) is 1.63. The standard InChI is InChI=1S/C27H31N5O/c1-18-8-12-31(13-9-18)23-15-21(25(33)14-20(3)26-28-10-11-29-26)17-32-24(16-30-27(23)32)22-7-5-4-6-19(22)2/h4-7,10,15-18,20H,8-9,11-14H2,1-3H3/t20-/m1/s1. The SMILES string of the molecule is Cc1ccccc1-c1cnc2c(N3CCC(C)CC3)cc(C(=O)C[C@@H](C)C3=NCC=N3)cn12. The first-order chi connectivity index (χ1) is 16.0. The van der Waals surface area contributed by atoms with Crippen LogP contribution in [0.15, 0.2) is 52.7 Å². The van der Waals surface area contributed by atoms with Gasteiger partial charge in [-0.15, -0.1) is 0 Å². The monoisotopic (exact) mass is 441 g/mol. The fourth-order valence-corrected chi connectivity index (χ4v) is 4.84. The van der Waals surface area contributed by atoms with Crippen molar-refractivity contribution >= 4 is 29.2 Å². The number of hydrogen-bond donors (Lipinski definition) is 0. The molecule has 0 N–H and O–H groups in total. The van der Waals surface area contributed by atoms with E-state index in [-0.39, 0.29) is 11.7 Å². The number of amidine groups is 1. The van der Waals surface area contributed by atoms with E-state index < -0.39 is 0 Å². The average molecular weight is 442 g/mol. The van der Waals surface area contributed by atoms with Gasteiger partial charge < -0.3 is 4.90 Å². The van der Waals surface area contributed by atoms with Gasteiger partial charge in [-0.3, -0.25) is 14.2 Å². The lowest BCUT2D eigenvalue weighted by molar-refractivity contribution is 0.0973. The van der Waals surface area contributed by atoms with Gasteiger partial charge in [0.1, 0.15) is 5.84 Å². The number of pyridine rings is 1. The number of benzene rings is 1. The minimum absolute atomic E-state index is 0.00450. The number of nitrogens with zero attached hydrogens (tertiary/aromatic N) is 5. The van der Waals surface area contributed by atoms with Crippen LogP contribution in [0.4, 0.5) is 5.69 Å². The Morgan fingerprint density at radius 2 is 2.00 bits per heavy atom. The highest BCUT2D eigenvalue weighted by Gasteiger charge is 2.24. The molecule has 6 nitrogen and oxygen atoms in total. The summed E-state index contributed by atoms with van der Waals surface area (Å²) in [6.45, 7) is 9.05. The molecule has 0 bridgehead atoms. The number of carbonyl (C=O) groups is 1. The third-order valence-electron chi connectivity index (χ3n) is 6.94. The Morgan fingerprint density at radius 3 is 2.73 bits per heavy atom. The van der Waals surface area contributed by atoms with Crippen molar-refractivity contribution in [2.75, 3.05) is 24.5 Å². The topological polar surface area (TPSA) is 62.3 Å². The number of anilines is 1. The molecule has 1 aromatic carbocycles. The Bertz CT molecular complexity index is 1250. The first kappa shape index (κ1) is 21.6. The predicted octanol–water partition coefficient (Wildman–Crippen LogP) is 5.24. The van der Waals surface area contributed by atoms with E-state index in [1.54, 1.807) is 6.21 Å². The maximum atomic E-state index is 13.4. The smallest absolute Gasteiger partial charge is 0.165 e. The lowest BCUT2D eigenvalue weighted by atomic mass is 9.97.